The van der Waals surface area contributed by atoms with E-state index in [1.54, 1.807) is 11.3 Å². The molecule has 0 spiro atoms. The molecule has 0 aliphatic heterocycles. The third-order valence-corrected chi connectivity index (χ3v) is 2.80. The predicted molar refractivity (Wildman–Crippen MR) is 59.6 cm³/mol. The first-order chi connectivity index (χ1) is 6.77. The molecular formula is C10H15N3S. The summed E-state index contributed by atoms with van der Waals surface area (Å²) in [5.41, 5.74) is 3.79. The summed E-state index contributed by atoms with van der Waals surface area (Å²) < 4.78 is 0. The third kappa shape index (κ3) is 3.11. The Labute approximate surface area is 88.7 Å². The van der Waals surface area contributed by atoms with Crippen molar-refractivity contribution in [1.82, 2.24) is 10.4 Å². The summed E-state index contributed by atoms with van der Waals surface area (Å²) in [5, 5.41) is 3.10. The lowest BCUT2D eigenvalue weighted by atomic mass is 10.1. The minimum atomic E-state index is 0.133. The van der Waals surface area contributed by atoms with Crippen LogP contribution in [0.4, 0.5) is 0 Å². The molecule has 14 heavy (non-hydrogen) atoms. The van der Waals surface area contributed by atoms with Crippen LogP contribution in [0, 0.1) is 19.3 Å². The number of nitrogens with zero attached hydrogens (tertiary/aromatic N) is 1. The van der Waals surface area contributed by atoms with Crippen LogP contribution in [-0.2, 0) is 0 Å². The van der Waals surface area contributed by atoms with Crippen molar-refractivity contribution in [2.75, 3.05) is 0 Å². The van der Waals surface area contributed by atoms with E-state index in [9.17, 15) is 0 Å². The number of thiazole rings is 1. The van der Waals surface area contributed by atoms with Gasteiger partial charge in [0, 0.05) is 11.8 Å². The lowest BCUT2D eigenvalue weighted by Crippen LogP contribution is -2.28. The van der Waals surface area contributed by atoms with Gasteiger partial charge in [0.1, 0.15) is 0 Å². The molecule has 1 rings (SSSR count). The van der Waals surface area contributed by atoms with Crippen LogP contribution in [-0.4, -0.2) is 4.98 Å². The van der Waals surface area contributed by atoms with E-state index in [0.29, 0.717) is 0 Å². The molecule has 1 heterocycles. The molecule has 0 aliphatic carbocycles. The topological polar surface area (TPSA) is 50.9 Å². The van der Waals surface area contributed by atoms with Gasteiger partial charge in [0.2, 0.25) is 0 Å². The van der Waals surface area contributed by atoms with Crippen LogP contribution in [0.3, 0.4) is 0 Å². The molecule has 1 unspecified atom stereocenters. The molecular weight excluding hydrogens is 194 g/mol. The molecule has 0 bridgehead atoms. The van der Waals surface area contributed by atoms with Crippen LogP contribution < -0.4 is 11.3 Å². The van der Waals surface area contributed by atoms with E-state index >= 15 is 0 Å². The molecule has 1 aromatic rings. The van der Waals surface area contributed by atoms with Crippen LogP contribution in [0.25, 0.3) is 0 Å². The van der Waals surface area contributed by atoms with E-state index in [1.165, 1.54) is 0 Å². The Morgan fingerprint density at radius 2 is 2.57 bits per heavy atom. The summed E-state index contributed by atoms with van der Waals surface area (Å²) in [6, 6.07) is 0.133. The number of nitrogens with two attached hydrogens (primary N) is 1. The molecule has 0 saturated heterocycles. The van der Waals surface area contributed by atoms with Gasteiger partial charge < -0.3 is 0 Å². The van der Waals surface area contributed by atoms with Gasteiger partial charge in [-0.25, -0.2) is 4.98 Å². The predicted octanol–water partition coefficient (Wildman–Crippen LogP) is 1.76. The lowest BCUT2D eigenvalue weighted by Gasteiger charge is -2.11. The number of hydrogen-bond donors (Lipinski definition) is 2. The first kappa shape index (κ1) is 11.2. The maximum atomic E-state index is 5.46. The fourth-order valence-electron chi connectivity index (χ4n) is 1.27. The molecule has 1 atom stereocenters. The minimum Gasteiger partial charge on any atom is -0.271 e. The lowest BCUT2D eigenvalue weighted by molar-refractivity contribution is 0.493. The molecule has 0 radical (unpaired) electrons. The molecule has 0 aliphatic rings. The average molecular weight is 209 g/mol. The van der Waals surface area contributed by atoms with Crippen LogP contribution in [0.15, 0.2) is 5.38 Å². The van der Waals surface area contributed by atoms with E-state index in [2.05, 4.69) is 16.3 Å². The van der Waals surface area contributed by atoms with Gasteiger partial charge >= 0.3 is 0 Å². The highest BCUT2D eigenvalue weighted by atomic mass is 32.1. The molecule has 0 aromatic carbocycles. The SMILES string of the molecule is C#CCCCC(NN)c1csc(C)n1. The summed E-state index contributed by atoms with van der Waals surface area (Å²) >= 11 is 1.64. The van der Waals surface area contributed by atoms with Gasteiger partial charge in [-0.05, 0) is 19.8 Å². The summed E-state index contributed by atoms with van der Waals surface area (Å²) in [6.07, 6.45) is 7.89. The first-order valence-corrected chi connectivity index (χ1v) is 5.47. The molecule has 76 valence electrons. The second kappa shape index (κ2) is 5.76. The number of hydrogen-bond acceptors (Lipinski definition) is 4. The van der Waals surface area contributed by atoms with E-state index in [4.69, 9.17) is 12.3 Å². The van der Waals surface area contributed by atoms with Crippen molar-refractivity contribution in [2.24, 2.45) is 5.84 Å². The molecule has 4 heteroatoms. The number of hydrazine groups is 1. The van der Waals surface area contributed by atoms with Crippen molar-refractivity contribution in [3.63, 3.8) is 0 Å². The minimum absolute atomic E-state index is 0.133. The van der Waals surface area contributed by atoms with Crippen molar-refractivity contribution in [3.8, 4) is 12.3 Å². The summed E-state index contributed by atoms with van der Waals surface area (Å²) in [4.78, 5) is 4.38. The monoisotopic (exact) mass is 209 g/mol. The number of nitrogens with one attached hydrogen (secondary N) is 1. The highest BCUT2D eigenvalue weighted by Gasteiger charge is 2.11. The maximum Gasteiger partial charge on any atom is 0.0898 e. The van der Waals surface area contributed by atoms with Gasteiger partial charge in [0.25, 0.3) is 0 Å². The second-order valence-electron chi connectivity index (χ2n) is 3.11. The highest BCUT2D eigenvalue weighted by Crippen LogP contribution is 2.20. The molecule has 1 aromatic heterocycles. The Morgan fingerprint density at radius 1 is 1.79 bits per heavy atom. The van der Waals surface area contributed by atoms with Gasteiger partial charge in [-0.15, -0.1) is 23.7 Å². The fourth-order valence-corrected chi connectivity index (χ4v) is 1.93. The Balaban J connectivity index is 2.50. The van der Waals surface area contributed by atoms with Crippen LogP contribution >= 0.6 is 11.3 Å². The summed E-state index contributed by atoms with van der Waals surface area (Å²) in [7, 11) is 0. The maximum absolute atomic E-state index is 5.46. The smallest absolute Gasteiger partial charge is 0.0898 e. The standard InChI is InChI=1S/C10H15N3S/c1-3-4-5-6-9(13-11)10-7-14-8(2)12-10/h1,7,9,13H,4-6,11H2,2H3. The van der Waals surface area contributed by atoms with Gasteiger partial charge in [-0.3, -0.25) is 11.3 Å². The molecule has 3 N–H and O–H groups in total. The largest absolute Gasteiger partial charge is 0.271 e. The van der Waals surface area contributed by atoms with E-state index in [-0.39, 0.29) is 6.04 Å². The zero-order valence-corrected chi connectivity index (χ0v) is 9.10. The van der Waals surface area contributed by atoms with Crippen molar-refractivity contribution in [1.29, 1.82) is 0 Å². The van der Waals surface area contributed by atoms with Gasteiger partial charge in [-0.2, -0.15) is 0 Å². The number of rotatable bonds is 5. The molecule has 3 nitrogen and oxygen atoms in total. The van der Waals surface area contributed by atoms with E-state index in [0.717, 1.165) is 30.0 Å². The zero-order valence-electron chi connectivity index (χ0n) is 8.29. The quantitative estimate of drug-likeness (QED) is 0.336. The molecule has 0 fully saturated rings. The van der Waals surface area contributed by atoms with Gasteiger partial charge in [0.15, 0.2) is 0 Å². The Morgan fingerprint density at radius 3 is 3.07 bits per heavy atom. The van der Waals surface area contributed by atoms with Crippen molar-refractivity contribution >= 4 is 11.3 Å². The van der Waals surface area contributed by atoms with E-state index < -0.39 is 0 Å². The van der Waals surface area contributed by atoms with Crippen LogP contribution in [0.1, 0.15) is 36.0 Å². The van der Waals surface area contributed by atoms with Crippen molar-refractivity contribution < 1.29 is 0 Å². The number of aryl methyl sites for hydroxylation is 1. The van der Waals surface area contributed by atoms with Crippen molar-refractivity contribution in [2.45, 2.75) is 32.2 Å². The van der Waals surface area contributed by atoms with E-state index in [1.807, 2.05) is 12.3 Å². The van der Waals surface area contributed by atoms with Crippen molar-refractivity contribution in [3.05, 3.63) is 16.1 Å². The normalized spacial score (nSPS) is 12.4. The molecule has 0 saturated carbocycles. The summed E-state index contributed by atoms with van der Waals surface area (Å²) in [6.45, 7) is 1.99. The summed E-state index contributed by atoms with van der Waals surface area (Å²) in [5.74, 6) is 8.08. The van der Waals surface area contributed by atoms with Gasteiger partial charge in [-0.1, -0.05) is 0 Å². The third-order valence-electron chi connectivity index (χ3n) is 2.01. The Bertz CT molecular complexity index is 313. The number of aromatic nitrogens is 1. The highest BCUT2D eigenvalue weighted by molar-refractivity contribution is 7.09. The number of unbranched alkanes of at least 4 members (excludes halogenated alkanes) is 1. The number of terminal acetylenes is 1. The molecule has 0 amide bonds. The first-order valence-electron chi connectivity index (χ1n) is 4.59. The Hall–Kier alpha value is -0.890. The average Bonchev–Trinajstić information content (AvgIpc) is 2.60. The van der Waals surface area contributed by atoms with Gasteiger partial charge in [0.05, 0.1) is 16.7 Å². The van der Waals surface area contributed by atoms with Crippen LogP contribution in [0.2, 0.25) is 0 Å². The van der Waals surface area contributed by atoms with Crippen LogP contribution in [0.5, 0.6) is 0 Å². The fraction of sp³-hybridized carbons (Fsp3) is 0.500. The Kier molecular flexibility index (Phi) is 4.60. The zero-order chi connectivity index (χ0) is 10.4. The second-order valence-corrected chi connectivity index (χ2v) is 4.17.